The Morgan fingerprint density at radius 2 is 1.22 bits per heavy atom. The van der Waals surface area contributed by atoms with Crippen molar-refractivity contribution in [2.45, 2.75) is 85.3 Å². The lowest BCUT2D eigenvalue weighted by atomic mass is 10.2. The van der Waals surface area contributed by atoms with E-state index < -0.39 is 41.2 Å². The molecule has 8 nitrogen and oxygen atoms in total. The summed E-state index contributed by atoms with van der Waals surface area (Å²) in [5, 5.41) is 2.55. The highest BCUT2D eigenvalue weighted by Crippen LogP contribution is 2.18. The number of ether oxygens (including phenoxy) is 3. The Kier molecular flexibility index (Phi) is 8.88. The van der Waals surface area contributed by atoms with Crippen molar-refractivity contribution in [1.29, 1.82) is 0 Å². The fourth-order valence-corrected chi connectivity index (χ4v) is 2.32. The van der Waals surface area contributed by atoms with Gasteiger partial charge in [-0.3, -0.25) is 5.32 Å². The lowest BCUT2D eigenvalue weighted by Crippen LogP contribution is -2.55. The van der Waals surface area contributed by atoms with Gasteiger partial charge in [0.05, 0.1) is 0 Å². The van der Waals surface area contributed by atoms with Crippen molar-refractivity contribution >= 4 is 24.4 Å². The number of amides is 3. The first-order valence-corrected chi connectivity index (χ1v) is 10.4. The molecular formula is C24H36N2O6. The second-order valence-electron chi connectivity index (χ2n) is 10.2. The minimum absolute atomic E-state index is 0.722. The number of nitrogens with zero attached hydrogens (tertiary/aromatic N) is 1. The Morgan fingerprint density at radius 1 is 0.781 bits per heavy atom. The summed E-state index contributed by atoms with van der Waals surface area (Å²) in [4.78, 5) is 39.2. The van der Waals surface area contributed by atoms with Crippen molar-refractivity contribution in [3.63, 3.8) is 0 Å². The molecule has 1 atom stereocenters. The fourth-order valence-electron chi connectivity index (χ4n) is 2.32. The van der Waals surface area contributed by atoms with Gasteiger partial charge in [0.15, 0.2) is 0 Å². The molecule has 1 N–H and O–H groups in total. The summed E-state index contributed by atoms with van der Waals surface area (Å²) in [6.07, 6.45) is -0.806. The average molecular weight is 449 g/mol. The molecule has 0 aliphatic rings. The predicted molar refractivity (Wildman–Crippen MR) is 123 cm³/mol. The minimum Gasteiger partial charge on any atom is -0.444 e. The number of benzene rings is 1. The van der Waals surface area contributed by atoms with Crippen LogP contribution in [0.2, 0.25) is 0 Å². The van der Waals surface area contributed by atoms with Gasteiger partial charge in [-0.25, -0.2) is 14.4 Å². The Morgan fingerprint density at radius 3 is 1.62 bits per heavy atom. The van der Waals surface area contributed by atoms with Gasteiger partial charge in [-0.2, -0.15) is 4.90 Å². The van der Waals surface area contributed by atoms with Crippen LogP contribution in [0.25, 0.3) is 6.08 Å². The summed E-state index contributed by atoms with van der Waals surface area (Å²) in [6.45, 7) is 15.2. The molecule has 3 amide bonds. The van der Waals surface area contributed by atoms with Gasteiger partial charge in [0.2, 0.25) is 0 Å². The van der Waals surface area contributed by atoms with Crippen LogP contribution in [0.1, 0.15) is 67.9 Å². The molecule has 32 heavy (non-hydrogen) atoms. The maximum Gasteiger partial charge on any atom is 0.421 e. The smallest absolute Gasteiger partial charge is 0.421 e. The molecule has 1 aromatic carbocycles. The molecule has 0 radical (unpaired) electrons. The van der Waals surface area contributed by atoms with Crippen LogP contribution in [0.4, 0.5) is 14.4 Å². The Labute approximate surface area is 190 Å². The highest BCUT2D eigenvalue weighted by molar-refractivity contribution is 5.89. The van der Waals surface area contributed by atoms with E-state index in [1.54, 1.807) is 68.4 Å². The van der Waals surface area contributed by atoms with Crippen LogP contribution < -0.4 is 5.32 Å². The first-order valence-electron chi connectivity index (χ1n) is 10.4. The zero-order valence-corrected chi connectivity index (χ0v) is 20.5. The zero-order chi connectivity index (χ0) is 24.7. The van der Waals surface area contributed by atoms with E-state index in [1.165, 1.54) is 6.08 Å². The number of alkyl carbamates (subject to hydrolysis) is 1. The van der Waals surface area contributed by atoms with Gasteiger partial charge in [0.1, 0.15) is 23.0 Å². The van der Waals surface area contributed by atoms with Crippen LogP contribution in [-0.2, 0) is 14.2 Å². The van der Waals surface area contributed by atoms with Gasteiger partial charge < -0.3 is 14.2 Å². The first kappa shape index (κ1) is 27.0. The van der Waals surface area contributed by atoms with Crippen molar-refractivity contribution in [3.8, 4) is 0 Å². The quantitative estimate of drug-likeness (QED) is 0.467. The van der Waals surface area contributed by atoms with E-state index >= 15 is 0 Å². The fraction of sp³-hybridized carbons (Fsp3) is 0.542. The third-order valence-corrected chi connectivity index (χ3v) is 3.39. The number of hydrogen-bond donors (Lipinski definition) is 1. The number of carbonyl (C=O) groups is 3. The third kappa shape index (κ3) is 10.8. The zero-order valence-electron chi connectivity index (χ0n) is 20.5. The Bertz CT molecular complexity index is 786. The standard InChI is InChI=1S/C24H36N2O6/c1-22(2,3)30-19(27)25-18(16-15-17-13-11-10-12-14-17)26(20(28)31-23(4,5)6)21(29)32-24(7,8)9/h10-16,18H,1-9H3,(H,25,27)/b16-15+. The van der Waals surface area contributed by atoms with Crippen LogP contribution in [-0.4, -0.2) is 46.1 Å². The van der Waals surface area contributed by atoms with Gasteiger partial charge in [0.25, 0.3) is 0 Å². The molecule has 0 heterocycles. The number of nitrogens with one attached hydrogen (secondary N) is 1. The number of rotatable bonds is 4. The Balaban J connectivity index is 3.37. The van der Waals surface area contributed by atoms with E-state index in [2.05, 4.69) is 5.32 Å². The minimum atomic E-state index is -1.23. The number of hydrogen-bond acceptors (Lipinski definition) is 6. The van der Waals surface area contributed by atoms with Crippen LogP contribution in [0.15, 0.2) is 36.4 Å². The van der Waals surface area contributed by atoms with Crippen molar-refractivity contribution in [2.24, 2.45) is 0 Å². The summed E-state index contributed by atoms with van der Waals surface area (Å²) in [7, 11) is 0. The van der Waals surface area contributed by atoms with Crippen LogP contribution >= 0.6 is 0 Å². The van der Waals surface area contributed by atoms with E-state index in [1.807, 2.05) is 30.3 Å². The molecule has 0 aliphatic carbocycles. The summed E-state index contributed by atoms with van der Waals surface area (Å²) >= 11 is 0. The molecule has 0 fully saturated rings. The van der Waals surface area contributed by atoms with E-state index in [-0.39, 0.29) is 0 Å². The summed E-state index contributed by atoms with van der Waals surface area (Å²) in [6, 6.07) is 9.23. The van der Waals surface area contributed by atoms with Crippen molar-refractivity contribution in [2.75, 3.05) is 0 Å². The maximum absolute atomic E-state index is 13.0. The highest BCUT2D eigenvalue weighted by Gasteiger charge is 2.37. The second kappa shape index (κ2) is 10.5. The molecule has 0 saturated heterocycles. The maximum atomic E-state index is 13.0. The number of carbonyl (C=O) groups excluding carboxylic acids is 3. The second-order valence-corrected chi connectivity index (χ2v) is 10.2. The normalized spacial score (nSPS) is 13.3. The van der Waals surface area contributed by atoms with Crippen molar-refractivity contribution in [3.05, 3.63) is 42.0 Å². The predicted octanol–water partition coefficient (Wildman–Crippen LogP) is 5.72. The van der Waals surface area contributed by atoms with Gasteiger partial charge in [-0.05, 0) is 74.0 Å². The number of imide groups is 1. The van der Waals surface area contributed by atoms with Crippen LogP contribution in [0.3, 0.4) is 0 Å². The van der Waals surface area contributed by atoms with Gasteiger partial charge >= 0.3 is 18.3 Å². The summed E-state index contributed by atoms with van der Waals surface area (Å²) < 4.78 is 16.1. The van der Waals surface area contributed by atoms with Gasteiger partial charge in [-0.1, -0.05) is 36.4 Å². The molecule has 1 aromatic rings. The first-order chi connectivity index (χ1) is 14.5. The van der Waals surface area contributed by atoms with E-state index in [9.17, 15) is 14.4 Å². The summed E-state index contributed by atoms with van der Waals surface area (Å²) in [5.41, 5.74) is -1.73. The molecule has 0 spiro atoms. The molecule has 178 valence electrons. The van der Waals surface area contributed by atoms with Gasteiger partial charge in [-0.15, -0.1) is 0 Å². The molecule has 0 aromatic heterocycles. The van der Waals surface area contributed by atoms with Crippen molar-refractivity contribution in [1.82, 2.24) is 10.2 Å². The molecule has 1 rings (SSSR count). The summed E-state index contributed by atoms with van der Waals surface area (Å²) in [5.74, 6) is 0. The van der Waals surface area contributed by atoms with E-state index in [0.29, 0.717) is 0 Å². The van der Waals surface area contributed by atoms with E-state index in [0.717, 1.165) is 10.5 Å². The van der Waals surface area contributed by atoms with Crippen molar-refractivity contribution < 1.29 is 28.6 Å². The highest BCUT2D eigenvalue weighted by atomic mass is 16.6. The molecule has 0 saturated carbocycles. The lowest BCUT2D eigenvalue weighted by molar-refractivity contribution is -0.00731. The van der Waals surface area contributed by atoms with Crippen LogP contribution in [0.5, 0.6) is 0 Å². The lowest BCUT2D eigenvalue weighted by Gasteiger charge is -2.32. The topological polar surface area (TPSA) is 94.2 Å². The van der Waals surface area contributed by atoms with E-state index in [4.69, 9.17) is 14.2 Å². The molecule has 0 bridgehead atoms. The molecule has 8 heteroatoms. The molecule has 0 aliphatic heterocycles. The SMILES string of the molecule is CC(C)(C)OC(=O)NC(/C=C/c1ccccc1)N(C(=O)OC(C)(C)C)C(=O)OC(C)(C)C. The largest absolute Gasteiger partial charge is 0.444 e. The van der Waals surface area contributed by atoms with Gasteiger partial charge in [0, 0.05) is 0 Å². The average Bonchev–Trinajstić information content (AvgIpc) is 2.55. The molecular weight excluding hydrogens is 412 g/mol. The third-order valence-electron chi connectivity index (χ3n) is 3.39. The monoisotopic (exact) mass is 448 g/mol. The molecule has 1 unspecified atom stereocenters. The Hall–Kier alpha value is -3.03. The van der Waals surface area contributed by atoms with Crippen LogP contribution in [0, 0.1) is 0 Å².